The first-order valence-corrected chi connectivity index (χ1v) is 6.50. The van der Waals surface area contributed by atoms with E-state index < -0.39 is 40.6 Å². The SMILES string of the molecule is COC(=O)C1=C(F)C(F)=C(c2ccc(C)cc2)C(C)(F)C1F. The summed E-state index contributed by atoms with van der Waals surface area (Å²) in [7, 11) is 0.877. The Bertz CT molecular complexity index is 672. The molecule has 0 saturated carbocycles. The first-order valence-electron chi connectivity index (χ1n) is 6.50. The highest BCUT2D eigenvalue weighted by Gasteiger charge is 2.51. The van der Waals surface area contributed by atoms with Gasteiger partial charge in [-0.25, -0.2) is 22.4 Å². The molecular formula is C16H14F4O2. The second-order valence-corrected chi connectivity index (χ2v) is 5.21. The summed E-state index contributed by atoms with van der Waals surface area (Å²) in [6.07, 6.45) is -2.67. The topological polar surface area (TPSA) is 26.3 Å². The second-order valence-electron chi connectivity index (χ2n) is 5.21. The van der Waals surface area contributed by atoms with Crippen LogP contribution in [0.15, 0.2) is 41.5 Å². The molecule has 6 heteroatoms. The number of rotatable bonds is 2. The van der Waals surface area contributed by atoms with Gasteiger partial charge in [0.25, 0.3) is 0 Å². The van der Waals surface area contributed by atoms with E-state index in [2.05, 4.69) is 4.74 Å². The summed E-state index contributed by atoms with van der Waals surface area (Å²) in [6, 6.07) is 5.86. The summed E-state index contributed by atoms with van der Waals surface area (Å²) in [5.41, 5.74) is -4.11. The van der Waals surface area contributed by atoms with Crippen molar-refractivity contribution in [2.75, 3.05) is 7.11 Å². The number of methoxy groups -OCH3 is 1. The second kappa shape index (κ2) is 5.59. The Labute approximate surface area is 125 Å². The minimum absolute atomic E-state index is 0.00909. The molecule has 0 bridgehead atoms. The van der Waals surface area contributed by atoms with Gasteiger partial charge >= 0.3 is 5.97 Å². The average molecular weight is 314 g/mol. The van der Waals surface area contributed by atoms with E-state index in [9.17, 15) is 22.4 Å². The highest BCUT2D eigenvalue weighted by atomic mass is 19.2. The molecule has 2 atom stereocenters. The number of aryl methyl sites for hydroxylation is 1. The van der Waals surface area contributed by atoms with Crippen LogP contribution in [0.1, 0.15) is 18.1 Å². The van der Waals surface area contributed by atoms with Crippen molar-refractivity contribution in [1.82, 2.24) is 0 Å². The smallest absolute Gasteiger partial charge is 0.339 e. The number of carbonyl (C=O) groups is 1. The minimum atomic E-state index is -2.90. The van der Waals surface area contributed by atoms with Crippen molar-refractivity contribution < 1.29 is 27.1 Å². The number of benzene rings is 1. The fraction of sp³-hybridized carbons (Fsp3) is 0.312. The Morgan fingerprint density at radius 2 is 1.73 bits per heavy atom. The van der Waals surface area contributed by atoms with Crippen molar-refractivity contribution in [2.45, 2.75) is 25.7 Å². The lowest BCUT2D eigenvalue weighted by atomic mass is 9.79. The van der Waals surface area contributed by atoms with Crippen LogP contribution in [0.4, 0.5) is 17.6 Å². The fourth-order valence-corrected chi connectivity index (χ4v) is 2.38. The van der Waals surface area contributed by atoms with Gasteiger partial charge in [0.15, 0.2) is 23.5 Å². The number of halogens is 4. The standard InChI is InChI=1S/C16H14F4O2/c1-8-4-6-9(7-5-8)11-13(18)12(17)10(15(21)22-3)14(19)16(11,2)20/h4-7,14H,1-3H3. The van der Waals surface area contributed by atoms with Crippen molar-refractivity contribution in [3.63, 3.8) is 0 Å². The summed E-state index contributed by atoms with van der Waals surface area (Å²) in [6.45, 7) is 2.53. The van der Waals surface area contributed by atoms with Crippen molar-refractivity contribution in [3.8, 4) is 0 Å². The van der Waals surface area contributed by atoms with E-state index in [4.69, 9.17) is 0 Å². The molecule has 0 aliphatic heterocycles. The molecule has 118 valence electrons. The lowest BCUT2D eigenvalue weighted by Gasteiger charge is -2.32. The molecule has 1 aliphatic carbocycles. The van der Waals surface area contributed by atoms with Crippen LogP contribution < -0.4 is 0 Å². The molecule has 0 fully saturated rings. The molecule has 1 aromatic carbocycles. The maximum Gasteiger partial charge on any atom is 0.339 e. The Morgan fingerprint density at radius 1 is 1.18 bits per heavy atom. The summed E-state index contributed by atoms with van der Waals surface area (Å²) in [5.74, 6) is -4.76. The van der Waals surface area contributed by atoms with Gasteiger partial charge in [-0.1, -0.05) is 29.8 Å². The molecule has 2 unspecified atom stereocenters. The molecule has 1 aliphatic rings. The van der Waals surface area contributed by atoms with Crippen LogP contribution in [-0.4, -0.2) is 24.9 Å². The molecule has 0 aromatic heterocycles. The maximum absolute atomic E-state index is 14.8. The van der Waals surface area contributed by atoms with Crippen molar-refractivity contribution in [2.24, 2.45) is 0 Å². The molecule has 0 amide bonds. The van der Waals surface area contributed by atoms with Crippen molar-refractivity contribution in [3.05, 3.63) is 52.6 Å². The Balaban J connectivity index is 2.70. The highest BCUT2D eigenvalue weighted by molar-refractivity contribution is 5.95. The van der Waals surface area contributed by atoms with Crippen molar-refractivity contribution >= 4 is 11.5 Å². The van der Waals surface area contributed by atoms with E-state index in [1.807, 2.05) is 0 Å². The lowest BCUT2D eigenvalue weighted by molar-refractivity contribution is -0.137. The van der Waals surface area contributed by atoms with Gasteiger partial charge in [0, 0.05) is 5.57 Å². The quantitative estimate of drug-likeness (QED) is 0.605. The van der Waals surface area contributed by atoms with E-state index in [0.29, 0.717) is 0 Å². The van der Waals surface area contributed by atoms with Gasteiger partial charge in [-0.3, -0.25) is 0 Å². The zero-order chi connectivity index (χ0) is 16.7. The Hall–Kier alpha value is -2.11. The van der Waals surface area contributed by atoms with Crippen LogP contribution in [0.3, 0.4) is 0 Å². The predicted molar refractivity (Wildman–Crippen MR) is 73.8 cm³/mol. The number of carbonyl (C=O) groups excluding carboxylic acids is 1. The molecule has 0 N–H and O–H groups in total. The zero-order valence-electron chi connectivity index (χ0n) is 12.2. The van der Waals surface area contributed by atoms with E-state index >= 15 is 0 Å². The van der Waals surface area contributed by atoms with E-state index in [0.717, 1.165) is 19.6 Å². The van der Waals surface area contributed by atoms with Gasteiger partial charge in [0.05, 0.1) is 7.11 Å². The largest absolute Gasteiger partial charge is 0.465 e. The van der Waals surface area contributed by atoms with Gasteiger partial charge in [0.1, 0.15) is 5.57 Å². The van der Waals surface area contributed by atoms with Crippen LogP contribution in [0.25, 0.3) is 5.57 Å². The highest BCUT2D eigenvalue weighted by Crippen LogP contribution is 2.47. The van der Waals surface area contributed by atoms with Gasteiger partial charge in [-0.05, 0) is 19.4 Å². The molecular weight excluding hydrogens is 300 g/mol. The van der Waals surface area contributed by atoms with Crippen LogP contribution >= 0.6 is 0 Å². The maximum atomic E-state index is 14.8. The van der Waals surface area contributed by atoms with Crippen LogP contribution in [0.2, 0.25) is 0 Å². The van der Waals surface area contributed by atoms with Gasteiger partial charge in [-0.15, -0.1) is 0 Å². The fourth-order valence-electron chi connectivity index (χ4n) is 2.38. The monoisotopic (exact) mass is 314 g/mol. The summed E-state index contributed by atoms with van der Waals surface area (Å²) < 4.78 is 61.6. The summed E-state index contributed by atoms with van der Waals surface area (Å²) >= 11 is 0. The molecule has 2 nitrogen and oxygen atoms in total. The molecule has 2 rings (SSSR count). The van der Waals surface area contributed by atoms with E-state index in [1.165, 1.54) is 12.1 Å². The number of hydrogen-bond donors (Lipinski definition) is 0. The normalized spacial score (nSPS) is 25.5. The molecule has 0 radical (unpaired) electrons. The van der Waals surface area contributed by atoms with Gasteiger partial charge in [0.2, 0.25) is 0 Å². The molecule has 0 saturated heterocycles. The average Bonchev–Trinajstić information content (AvgIpc) is 2.47. The third-order valence-electron chi connectivity index (χ3n) is 3.61. The Kier molecular flexibility index (Phi) is 4.13. The lowest BCUT2D eigenvalue weighted by Crippen LogP contribution is -2.40. The third kappa shape index (κ3) is 2.42. The minimum Gasteiger partial charge on any atom is -0.465 e. The third-order valence-corrected chi connectivity index (χ3v) is 3.61. The molecule has 0 heterocycles. The summed E-state index contributed by atoms with van der Waals surface area (Å²) in [5, 5.41) is 0. The Morgan fingerprint density at radius 3 is 2.23 bits per heavy atom. The number of ether oxygens (including phenoxy) is 1. The predicted octanol–water partition coefficient (Wildman–Crippen LogP) is 4.15. The van der Waals surface area contributed by atoms with Crippen molar-refractivity contribution in [1.29, 1.82) is 0 Å². The number of alkyl halides is 2. The van der Waals surface area contributed by atoms with Crippen LogP contribution in [0, 0.1) is 6.92 Å². The zero-order valence-corrected chi connectivity index (χ0v) is 12.2. The number of esters is 1. The number of allylic oxidation sites excluding steroid dienone is 3. The van der Waals surface area contributed by atoms with E-state index in [1.54, 1.807) is 19.1 Å². The molecule has 22 heavy (non-hydrogen) atoms. The van der Waals surface area contributed by atoms with Crippen LogP contribution in [-0.2, 0) is 9.53 Å². The number of hydrogen-bond acceptors (Lipinski definition) is 2. The van der Waals surface area contributed by atoms with Gasteiger partial charge < -0.3 is 4.74 Å². The summed E-state index contributed by atoms with van der Waals surface area (Å²) in [4.78, 5) is 11.4. The first-order chi connectivity index (χ1) is 10.2. The van der Waals surface area contributed by atoms with Gasteiger partial charge in [-0.2, -0.15) is 0 Å². The first kappa shape index (κ1) is 16.3. The molecule has 1 aromatic rings. The molecule has 0 spiro atoms. The van der Waals surface area contributed by atoms with E-state index in [-0.39, 0.29) is 5.56 Å². The van der Waals surface area contributed by atoms with Crippen LogP contribution in [0.5, 0.6) is 0 Å².